The molecule has 14 heavy (non-hydrogen) atoms. The molecule has 3 N–H and O–H groups in total. The van der Waals surface area contributed by atoms with E-state index in [1.807, 2.05) is 14.1 Å². The summed E-state index contributed by atoms with van der Waals surface area (Å²) >= 11 is 0. The second-order valence-electron chi connectivity index (χ2n) is 3.48. The average molecular weight is 223 g/mol. The first kappa shape index (κ1) is 13.8. The molecule has 0 radical (unpaired) electrons. The van der Waals surface area contributed by atoms with Crippen LogP contribution in [-0.4, -0.2) is 52.8 Å². The van der Waals surface area contributed by atoms with Gasteiger partial charge in [0.05, 0.1) is 5.75 Å². The molecule has 0 unspecified atom stereocenters. The molecular formula is C8H21N3O2S. The smallest absolute Gasteiger partial charge is 0.209 e. The van der Waals surface area contributed by atoms with E-state index >= 15 is 0 Å². The molecule has 0 saturated carbocycles. The molecule has 6 heteroatoms. The number of rotatable bonds is 8. The number of nitrogens with zero attached hydrogens (tertiary/aromatic N) is 1. The maximum atomic E-state index is 10.6. The molecule has 0 aliphatic rings. The summed E-state index contributed by atoms with van der Waals surface area (Å²) in [6.45, 7) is 2.84. The molecule has 0 spiro atoms. The van der Waals surface area contributed by atoms with E-state index in [1.165, 1.54) is 0 Å². The van der Waals surface area contributed by atoms with Gasteiger partial charge in [0, 0.05) is 13.1 Å². The van der Waals surface area contributed by atoms with Gasteiger partial charge in [0.15, 0.2) is 0 Å². The van der Waals surface area contributed by atoms with Crippen LogP contribution in [0.15, 0.2) is 0 Å². The fraction of sp³-hybridized carbons (Fsp3) is 1.00. The maximum absolute atomic E-state index is 10.6. The van der Waals surface area contributed by atoms with Gasteiger partial charge in [-0.1, -0.05) is 0 Å². The molecule has 0 rings (SSSR count). The molecule has 0 aromatic carbocycles. The normalized spacial score (nSPS) is 12.3. The van der Waals surface area contributed by atoms with E-state index in [1.54, 1.807) is 0 Å². The largest absolute Gasteiger partial charge is 0.318 e. The minimum absolute atomic E-state index is 0.0901. The van der Waals surface area contributed by atoms with Crippen LogP contribution in [0.5, 0.6) is 0 Å². The Morgan fingerprint density at radius 3 is 2.43 bits per heavy atom. The zero-order valence-corrected chi connectivity index (χ0v) is 9.81. The molecular weight excluding hydrogens is 202 g/mol. The summed E-state index contributed by atoms with van der Waals surface area (Å²) in [4.78, 5) is 2.17. The molecule has 0 fully saturated rings. The fourth-order valence-corrected chi connectivity index (χ4v) is 1.71. The number of likely N-dealkylation sites (N-methyl/N-ethyl adjacent to an activating group) is 2. The van der Waals surface area contributed by atoms with Crippen molar-refractivity contribution in [2.45, 2.75) is 12.8 Å². The van der Waals surface area contributed by atoms with Crippen molar-refractivity contribution in [3.63, 3.8) is 0 Å². The molecule has 86 valence electrons. The Bertz CT molecular complexity index is 229. The Morgan fingerprint density at radius 1 is 1.29 bits per heavy atom. The van der Waals surface area contributed by atoms with E-state index in [2.05, 4.69) is 10.2 Å². The molecule has 0 aliphatic heterocycles. The Labute approximate surface area is 86.7 Å². The number of sulfonamides is 1. The van der Waals surface area contributed by atoms with E-state index in [4.69, 9.17) is 5.14 Å². The van der Waals surface area contributed by atoms with Crippen molar-refractivity contribution in [3.05, 3.63) is 0 Å². The fourth-order valence-electron chi connectivity index (χ4n) is 1.10. The average Bonchev–Trinajstić information content (AvgIpc) is 2.07. The summed E-state index contributed by atoms with van der Waals surface area (Å²) in [5.74, 6) is 0.0901. The van der Waals surface area contributed by atoms with Crippen LogP contribution in [0.2, 0.25) is 0 Å². The van der Waals surface area contributed by atoms with Crippen molar-refractivity contribution >= 4 is 10.0 Å². The SMILES string of the molecule is CNCCN(C)CCCCS(N)(=O)=O. The van der Waals surface area contributed by atoms with Crippen LogP contribution < -0.4 is 10.5 Å². The van der Waals surface area contributed by atoms with Gasteiger partial charge >= 0.3 is 0 Å². The van der Waals surface area contributed by atoms with Crippen molar-refractivity contribution in [2.75, 3.05) is 39.5 Å². The lowest BCUT2D eigenvalue weighted by molar-refractivity contribution is 0.329. The molecule has 0 amide bonds. The van der Waals surface area contributed by atoms with Gasteiger partial charge in [-0.25, -0.2) is 13.6 Å². The number of nitrogens with one attached hydrogen (secondary N) is 1. The molecule has 5 nitrogen and oxygen atoms in total. The van der Waals surface area contributed by atoms with Crippen LogP contribution in [-0.2, 0) is 10.0 Å². The van der Waals surface area contributed by atoms with Gasteiger partial charge in [0.25, 0.3) is 0 Å². The van der Waals surface area contributed by atoms with Crippen molar-refractivity contribution in [1.82, 2.24) is 10.2 Å². The van der Waals surface area contributed by atoms with Crippen LogP contribution in [0.4, 0.5) is 0 Å². The second kappa shape index (κ2) is 7.17. The number of unbranched alkanes of at least 4 members (excludes halogenated alkanes) is 1. The van der Waals surface area contributed by atoms with Crippen molar-refractivity contribution < 1.29 is 8.42 Å². The third-order valence-corrected chi connectivity index (χ3v) is 2.82. The molecule has 0 bridgehead atoms. The summed E-state index contributed by atoms with van der Waals surface area (Å²) in [5, 5.41) is 7.94. The number of nitrogens with two attached hydrogens (primary N) is 1. The monoisotopic (exact) mass is 223 g/mol. The van der Waals surface area contributed by atoms with Crippen LogP contribution >= 0.6 is 0 Å². The zero-order valence-electron chi connectivity index (χ0n) is 8.99. The summed E-state index contributed by atoms with van der Waals surface area (Å²) in [7, 11) is 0.664. The predicted octanol–water partition coefficient (Wildman–Crippen LogP) is -0.794. The highest BCUT2D eigenvalue weighted by Crippen LogP contribution is 1.94. The van der Waals surface area contributed by atoms with Crippen LogP contribution in [0.25, 0.3) is 0 Å². The first-order valence-electron chi connectivity index (χ1n) is 4.79. The first-order chi connectivity index (χ1) is 6.45. The first-order valence-corrected chi connectivity index (χ1v) is 6.51. The van der Waals surface area contributed by atoms with Crippen LogP contribution in [0.1, 0.15) is 12.8 Å². The van der Waals surface area contributed by atoms with Crippen LogP contribution in [0, 0.1) is 0 Å². The van der Waals surface area contributed by atoms with E-state index in [0.29, 0.717) is 6.42 Å². The lowest BCUT2D eigenvalue weighted by atomic mass is 10.3. The quantitative estimate of drug-likeness (QED) is 0.529. The standard InChI is InChI=1S/C8H21N3O2S/c1-10-5-7-11(2)6-3-4-8-14(9,12)13/h10H,3-8H2,1-2H3,(H2,9,12,13). The Balaban J connectivity index is 3.36. The highest BCUT2D eigenvalue weighted by atomic mass is 32.2. The molecule has 0 aliphatic carbocycles. The van der Waals surface area contributed by atoms with Gasteiger partial charge in [-0.3, -0.25) is 0 Å². The van der Waals surface area contributed by atoms with E-state index < -0.39 is 10.0 Å². The third kappa shape index (κ3) is 9.91. The lowest BCUT2D eigenvalue weighted by Crippen LogP contribution is -2.28. The van der Waals surface area contributed by atoms with Gasteiger partial charge < -0.3 is 10.2 Å². The third-order valence-electron chi connectivity index (χ3n) is 1.96. The summed E-state index contributed by atoms with van der Waals surface area (Å²) in [5.41, 5.74) is 0. The Morgan fingerprint density at radius 2 is 1.93 bits per heavy atom. The van der Waals surface area contributed by atoms with Gasteiger partial charge in [-0.15, -0.1) is 0 Å². The minimum atomic E-state index is -3.27. The van der Waals surface area contributed by atoms with E-state index in [9.17, 15) is 8.42 Å². The predicted molar refractivity (Wildman–Crippen MR) is 58.6 cm³/mol. The molecule has 0 aromatic rings. The van der Waals surface area contributed by atoms with Gasteiger partial charge in [0.2, 0.25) is 10.0 Å². The van der Waals surface area contributed by atoms with Crippen molar-refractivity contribution in [1.29, 1.82) is 0 Å². The van der Waals surface area contributed by atoms with Gasteiger partial charge in [-0.05, 0) is 33.5 Å². The Hall–Kier alpha value is -0.170. The molecule has 0 heterocycles. The topological polar surface area (TPSA) is 75.4 Å². The second-order valence-corrected chi connectivity index (χ2v) is 5.21. The number of hydrogen-bond donors (Lipinski definition) is 2. The Kier molecular flexibility index (Phi) is 7.08. The van der Waals surface area contributed by atoms with Crippen LogP contribution in [0.3, 0.4) is 0 Å². The van der Waals surface area contributed by atoms with Gasteiger partial charge in [-0.2, -0.15) is 0 Å². The van der Waals surface area contributed by atoms with Crippen molar-refractivity contribution in [3.8, 4) is 0 Å². The van der Waals surface area contributed by atoms with E-state index in [-0.39, 0.29) is 5.75 Å². The zero-order chi connectivity index (χ0) is 11.0. The van der Waals surface area contributed by atoms with E-state index in [0.717, 1.165) is 26.1 Å². The molecule has 0 saturated heterocycles. The summed E-state index contributed by atoms with van der Waals surface area (Å²) in [6, 6.07) is 0. The minimum Gasteiger partial charge on any atom is -0.318 e. The lowest BCUT2D eigenvalue weighted by Gasteiger charge is -2.15. The summed E-state index contributed by atoms with van der Waals surface area (Å²) in [6.07, 6.45) is 1.51. The summed E-state index contributed by atoms with van der Waals surface area (Å²) < 4.78 is 21.2. The van der Waals surface area contributed by atoms with Crippen molar-refractivity contribution in [2.24, 2.45) is 5.14 Å². The maximum Gasteiger partial charge on any atom is 0.209 e. The molecule has 0 aromatic heterocycles. The van der Waals surface area contributed by atoms with Gasteiger partial charge in [0.1, 0.15) is 0 Å². The number of hydrogen-bond acceptors (Lipinski definition) is 4. The number of primary sulfonamides is 1. The highest BCUT2D eigenvalue weighted by Gasteiger charge is 2.02. The highest BCUT2D eigenvalue weighted by molar-refractivity contribution is 7.89. The molecule has 0 atom stereocenters.